The van der Waals surface area contributed by atoms with Crippen LogP contribution in [0.15, 0.2) is 42.5 Å². The minimum absolute atomic E-state index is 0.0831. The van der Waals surface area contributed by atoms with Crippen LogP contribution in [0.2, 0.25) is 0 Å². The fourth-order valence-electron chi connectivity index (χ4n) is 2.66. The zero-order chi connectivity index (χ0) is 18.9. The number of carbonyl (C=O) groups excluding carboxylic acids is 1. The molecule has 0 heterocycles. The van der Waals surface area contributed by atoms with Crippen LogP contribution in [0.25, 0.3) is 0 Å². The molecule has 0 unspecified atom stereocenters. The molecule has 0 aliphatic heterocycles. The molecule has 0 atom stereocenters. The highest BCUT2D eigenvalue weighted by molar-refractivity contribution is 5.94. The van der Waals surface area contributed by atoms with Gasteiger partial charge < -0.3 is 19.1 Å². The van der Waals surface area contributed by atoms with E-state index in [-0.39, 0.29) is 5.91 Å². The molecule has 0 saturated carbocycles. The first-order valence-electron chi connectivity index (χ1n) is 8.96. The molecule has 5 heteroatoms. The van der Waals surface area contributed by atoms with Crippen molar-refractivity contribution in [1.82, 2.24) is 4.90 Å². The summed E-state index contributed by atoms with van der Waals surface area (Å²) in [5.74, 6) is 1.95. The summed E-state index contributed by atoms with van der Waals surface area (Å²) in [5.41, 5.74) is 1.54. The number of benzene rings is 2. The lowest BCUT2D eigenvalue weighted by Crippen LogP contribution is -2.26. The number of rotatable bonds is 9. The lowest BCUT2D eigenvalue weighted by atomic mass is 10.1. The third-order valence-corrected chi connectivity index (χ3v) is 3.82. The van der Waals surface area contributed by atoms with E-state index < -0.39 is 0 Å². The molecular weight excluding hydrogens is 330 g/mol. The highest BCUT2D eigenvalue weighted by Crippen LogP contribution is 2.29. The van der Waals surface area contributed by atoms with E-state index in [9.17, 15) is 4.79 Å². The van der Waals surface area contributed by atoms with Crippen molar-refractivity contribution < 1.29 is 19.0 Å². The summed E-state index contributed by atoms with van der Waals surface area (Å²) in [6.45, 7) is 7.87. The fourth-order valence-corrected chi connectivity index (χ4v) is 2.66. The zero-order valence-electron chi connectivity index (χ0n) is 16.0. The summed E-state index contributed by atoms with van der Waals surface area (Å²) in [6, 6.07) is 13.0. The molecule has 2 aromatic carbocycles. The molecule has 5 nitrogen and oxygen atoms in total. The van der Waals surface area contributed by atoms with E-state index in [0.29, 0.717) is 43.4 Å². The average Bonchev–Trinajstić information content (AvgIpc) is 2.64. The summed E-state index contributed by atoms with van der Waals surface area (Å²) in [6.07, 6.45) is 0. The topological polar surface area (TPSA) is 48.0 Å². The first-order chi connectivity index (χ1) is 12.6. The Bertz CT molecular complexity index is 730. The largest absolute Gasteiger partial charge is 0.494 e. The first-order valence-corrected chi connectivity index (χ1v) is 8.96. The molecule has 26 heavy (non-hydrogen) atoms. The number of hydrogen-bond acceptors (Lipinski definition) is 4. The normalized spacial score (nSPS) is 10.3. The Morgan fingerprint density at radius 2 is 1.46 bits per heavy atom. The minimum Gasteiger partial charge on any atom is -0.494 e. The molecule has 0 N–H and O–H groups in total. The molecule has 0 aliphatic rings. The van der Waals surface area contributed by atoms with Crippen molar-refractivity contribution in [2.45, 2.75) is 27.3 Å². The van der Waals surface area contributed by atoms with E-state index in [4.69, 9.17) is 14.2 Å². The van der Waals surface area contributed by atoms with Gasteiger partial charge in [-0.25, -0.2) is 0 Å². The number of amides is 1. The van der Waals surface area contributed by atoms with E-state index in [1.54, 1.807) is 30.1 Å². The Labute approximate surface area is 155 Å². The molecule has 0 aliphatic carbocycles. The van der Waals surface area contributed by atoms with Crippen LogP contribution < -0.4 is 14.2 Å². The van der Waals surface area contributed by atoms with Crippen LogP contribution in [0, 0.1) is 0 Å². The number of carbonyl (C=O) groups is 1. The molecule has 0 fully saturated rings. The Balaban J connectivity index is 2.18. The van der Waals surface area contributed by atoms with Crippen LogP contribution in [0.3, 0.4) is 0 Å². The molecular formula is C21H27NO4. The van der Waals surface area contributed by atoms with Crippen LogP contribution in [0.4, 0.5) is 0 Å². The summed E-state index contributed by atoms with van der Waals surface area (Å²) in [5, 5.41) is 0. The quantitative estimate of drug-likeness (QED) is 0.676. The molecule has 2 rings (SSSR count). The Hall–Kier alpha value is -2.69. The Morgan fingerprint density at radius 3 is 2.15 bits per heavy atom. The average molecular weight is 357 g/mol. The van der Waals surface area contributed by atoms with Gasteiger partial charge in [0, 0.05) is 24.7 Å². The maximum atomic E-state index is 12.8. The van der Waals surface area contributed by atoms with Crippen molar-refractivity contribution in [3.05, 3.63) is 53.6 Å². The highest BCUT2D eigenvalue weighted by Gasteiger charge is 2.16. The third kappa shape index (κ3) is 4.91. The van der Waals surface area contributed by atoms with Gasteiger partial charge in [0.15, 0.2) is 11.5 Å². The summed E-state index contributed by atoms with van der Waals surface area (Å²) >= 11 is 0. The van der Waals surface area contributed by atoms with Crippen LogP contribution >= 0.6 is 0 Å². The molecule has 0 spiro atoms. The summed E-state index contributed by atoms with van der Waals surface area (Å²) in [4.78, 5) is 14.5. The molecule has 0 saturated heterocycles. The number of hydrogen-bond donors (Lipinski definition) is 0. The van der Waals surface area contributed by atoms with Gasteiger partial charge in [0.1, 0.15) is 5.75 Å². The predicted molar refractivity (Wildman–Crippen MR) is 102 cm³/mol. The molecule has 1 amide bonds. The smallest absolute Gasteiger partial charge is 0.254 e. The minimum atomic E-state index is -0.0831. The maximum Gasteiger partial charge on any atom is 0.254 e. The van der Waals surface area contributed by atoms with E-state index in [1.165, 1.54) is 0 Å². The molecule has 0 radical (unpaired) electrons. The van der Waals surface area contributed by atoms with Gasteiger partial charge in [-0.05, 0) is 45.0 Å². The second-order valence-electron chi connectivity index (χ2n) is 5.73. The van der Waals surface area contributed by atoms with Gasteiger partial charge in [0.25, 0.3) is 5.91 Å². The van der Waals surface area contributed by atoms with Crippen molar-refractivity contribution in [3.8, 4) is 17.2 Å². The van der Waals surface area contributed by atoms with Gasteiger partial charge >= 0.3 is 0 Å². The van der Waals surface area contributed by atoms with Crippen LogP contribution in [-0.4, -0.2) is 37.7 Å². The standard InChI is InChI=1S/C21H27NO4/c1-5-24-18-11-9-8-10-17(18)15-22(4)21(23)16-12-13-19(25-6-2)20(14-16)26-7-3/h8-14H,5-7,15H2,1-4H3. The summed E-state index contributed by atoms with van der Waals surface area (Å²) in [7, 11) is 1.78. The van der Waals surface area contributed by atoms with Crippen molar-refractivity contribution in [2.24, 2.45) is 0 Å². The third-order valence-electron chi connectivity index (χ3n) is 3.82. The second kappa shape index (κ2) is 9.70. The second-order valence-corrected chi connectivity index (χ2v) is 5.73. The van der Waals surface area contributed by atoms with Crippen molar-refractivity contribution >= 4 is 5.91 Å². The first kappa shape index (κ1) is 19.6. The van der Waals surface area contributed by atoms with Crippen LogP contribution in [0.1, 0.15) is 36.7 Å². The number of ether oxygens (including phenoxy) is 3. The fraction of sp³-hybridized carbons (Fsp3) is 0.381. The lowest BCUT2D eigenvalue weighted by molar-refractivity contribution is 0.0783. The number of para-hydroxylation sites is 1. The van der Waals surface area contributed by atoms with Gasteiger partial charge in [-0.2, -0.15) is 0 Å². The van der Waals surface area contributed by atoms with Gasteiger partial charge in [0.2, 0.25) is 0 Å². The zero-order valence-corrected chi connectivity index (χ0v) is 16.0. The lowest BCUT2D eigenvalue weighted by Gasteiger charge is -2.20. The van der Waals surface area contributed by atoms with Crippen LogP contribution in [0.5, 0.6) is 17.2 Å². The van der Waals surface area contributed by atoms with Crippen molar-refractivity contribution in [3.63, 3.8) is 0 Å². The molecule has 2 aromatic rings. The maximum absolute atomic E-state index is 12.8. The molecule has 0 aromatic heterocycles. The van der Waals surface area contributed by atoms with Gasteiger partial charge in [-0.15, -0.1) is 0 Å². The molecule has 0 bridgehead atoms. The monoisotopic (exact) mass is 357 g/mol. The number of nitrogens with zero attached hydrogens (tertiary/aromatic N) is 1. The molecule has 140 valence electrons. The van der Waals surface area contributed by atoms with Gasteiger partial charge in [0.05, 0.1) is 19.8 Å². The van der Waals surface area contributed by atoms with Crippen molar-refractivity contribution in [1.29, 1.82) is 0 Å². The predicted octanol–water partition coefficient (Wildman–Crippen LogP) is 4.15. The van der Waals surface area contributed by atoms with E-state index in [0.717, 1.165) is 11.3 Å². The Morgan fingerprint density at radius 1 is 0.846 bits per heavy atom. The van der Waals surface area contributed by atoms with E-state index in [1.807, 2.05) is 45.0 Å². The highest BCUT2D eigenvalue weighted by atomic mass is 16.5. The van der Waals surface area contributed by atoms with Gasteiger partial charge in [-0.3, -0.25) is 4.79 Å². The Kier molecular flexibility index (Phi) is 7.33. The van der Waals surface area contributed by atoms with E-state index >= 15 is 0 Å². The van der Waals surface area contributed by atoms with Crippen LogP contribution in [-0.2, 0) is 6.54 Å². The van der Waals surface area contributed by atoms with Gasteiger partial charge in [-0.1, -0.05) is 18.2 Å². The summed E-state index contributed by atoms with van der Waals surface area (Å²) < 4.78 is 16.8. The van der Waals surface area contributed by atoms with E-state index in [2.05, 4.69) is 0 Å². The van der Waals surface area contributed by atoms with Crippen molar-refractivity contribution in [2.75, 3.05) is 26.9 Å². The SMILES string of the molecule is CCOc1ccccc1CN(C)C(=O)c1ccc(OCC)c(OCC)c1.